The zero-order chi connectivity index (χ0) is 23.3. The van der Waals surface area contributed by atoms with Crippen LogP contribution in [-0.4, -0.2) is 95.1 Å². The fraction of sp³-hybridized carbons (Fsp3) is 0.545. The van der Waals surface area contributed by atoms with Gasteiger partial charge < -0.3 is 14.7 Å². The van der Waals surface area contributed by atoms with Crippen LogP contribution in [0.4, 0.5) is 5.69 Å². The molecule has 0 unspecified atom stereocenters. The van der Waals surface area contributed by atoms with Gasteiger partial charge in [-0.05, 0) is 38.0 Å². The highest BCUT2D eigenvalue weighted by Crippen LogP contribution is 2.33. The van der Waals surface area contributed by atoms with Crippen molar-refractivity contribution in [1.29, 1.82) is 0 Å². The predicted octanol–water partition coefficient (Wildman–Crippen LogP) is 1.10. The topological polar surface area (TPSA) is 116 Å². The lowest BCUT2D eigenvalue weighted by Crippen LogP contribution is -2.48. The van der Waals surface area contributed by atoms with Crippen molar-refractivity contribution in [3.63, 3.8) is 0 Å². The molecule has 2 aliphatic rings. The number of β-amino-alcohol motifs (C(OH)–C–C–N with tert-alkyl or cyclic N) is 1. The van der Waals surface area contributed by atoms with Crippen molar-refractivity contribution in [3.05, 3.63) is 45.6 Å². The number of carbonyl (C=O) groups is 2. The summed E-state index contributed by atoms with van der Waals surface area (Å²) < 4.78 is 5.53. The maximum absolute atomic E-state index is 13.3. The van der Waals surface area contributed by atoms with Crippen LogP contribution in [0, 0.1) is 10.1 Å². The monoisotopic (exact) mass is 446 g/mol. The van der Waals surface area contributed by atoms with E-state index in [0.717, 1.165) is 0 Å². The number of non-ortho nitro benzene ring substituents is 1. The Bertz CT molecular complexity index is 875. The average Bonchev–Trinajstić information content (AvgIpc) is 3.02. The van der Waals surface area contributed by atoms with Gasteiger partial charge in [0.15, 0.2) is 0 Å². The molecule has 2 amide bonds. The lowest BCUT2D eigenvalue weighted by atomic mass is 10.0. The Morgan fingerprint density at radius 2 is 1.72 bits per heavy atom. The highest BCUT2D eigenvalue weighted by molar-refractivity contribution is 6.35. The zero-order valence-electron chi connectivity index (χ0n) is 18.5. The van der Waals surface area contributed by atoms with Crippen molar-refractivity contribution in [2.75, 3.05) is 52.5 Å². The molecule has 0 spiro atoms. The summed E-state index contributed by atoms with van der Waals surface area (Å²) in [5, 5.41) is 20.2. The van der Waals surface area contributed by atoms with Gasteiger partial charge in [-0.1, -0.05) is 0 Å². The van der Waals surface area contributed by atoms with Crippen molar-refractivity contribution < 1.29 is 24.4 Å². The van der Waals surface area contributed by atoms with Crippen LogP contribution >= 0.6 is 0 Å². The second-order valence-electron chi connectivity index (χ2n) is 8.11. The summed E-state index contributed by atoms with van der Waals surface area (Å²) in [6.45, 7) is 7.61. The Hall–Kier alpha value is -2.82. The number of nitrogens with zero attached hydrogens (tertiary/aromatic N) is 4. The quantitative estimate of drug-likeness (QED) is 0.246. The Balaban J connectivity index is 1.86. The molecule has 174 valence electrons. The Kier molecular flexibility index (Phi) is 7.94. The smallest absolute Gasteiger partial charge is 0.277 e. The van der Waals surface area contributed by atoms with Gasteiger partial charge in [0.05, 0.1) is 23.2 Å². The fourth-order valence-electron chi connectivity index (χ4n) is 3.95. The first-order chi connectivity index (χ1) is 15.3. The standard InChI is InChI=1S/C22H30N4O6/c1-16(2)32-15-3-8-25-21(28)19(17-4-6-18(7-5-17)26(30)31)20(22(25)29)24-11-9-23(10-12-24)13-14-27/h4-7,16,27H,3,8-15H2,1-2H3. The second kappa shape index (κ2) is 10.7. The molecule has 2 heterocycles. The van der Waals surface area contributed by atoms with Crippen LogP contribution in [0.25, 0.3) is 5.57 Å². The van der Waals surface area contributed by atoms with Crippen molar-refractivity contribution in [1.82, 2.24) is 14.7 Å². The fourth-order valence-corrected chi connectivity index (χ4v) is 3.95. The molecule has 10 nitrogen and oxygen atoms in total. The molecule has 0 atom stereocenters. The lowest BCUT2D eigenvalue weighted by molar-refractivity contribution is -0.384. The number of imide groups is 1. The zero-order valence-corrected chi connectivity index (χ0v) is 18.5. The number of nitro benzene ring substituents is 1. The molecule has 0 bridgehead atoms. The molecule has 32 heavy (non-hydrogen) atoms. The summed E-state index contributed by atoms with van der Waals surface area (Å²) in [4.78, 5) is 42.4. The molecule has 3 rings (SSSR count). The van der Waals surface area contributed by atoms with E-state index in [2.05, 4.69) is 4.90 Å². The Morgan fingerprint density at radius 1 is 1.06 bits per heavy atom. The van der Waals surface area contributed by atoms with Gasteiger partial charge in [-0.3, -0.25) is 29.5 Å². The Morgan fingerprint density at radius 3 is 2.28 bits per heavy atom. The van der Waals surface area contributed by atoms with E-state index in [4.69, 9.17) is 9.84 Å². The first kappa shape index (κ1) is 23.8. The summed E-state index contributed by atoms with van der Waals surface area (Å²) in [5.74, 6) is -0.732. The van der Waals surface area contributed by atoms with Crippen molar-refractivity contribution in [3.8, 4) is 0 Å². The summed E-state index contributed by atoms with van der Waals surface area (Å²) in [6.07, 6.45) is 0.598. The SMILES string of the molecule is CC(C)OCCCN1C(=O)C(c2ccc([N+](=O)[O-])cc2)=C(N2CCN(CCO)CC2)C1=O. The lowest BCUT2D eigenvalue weighted by Gasteiger charge is -2.36. The normalized spacial score (nSPS) is 17.8. The molecule has 2 aliphatic heterocycles. The molecular formula is C22H30N4O6. The van der Waals surface area contributed by atoms with E-state index in [0.29, 0.717) is 57.0 Å². The molecule has 1 fully saturated rings. The van der Waals surface area contributed by atoms with Gasteiger partial charge in [0.25, 0.3) is 17.5 Å². The van der Waals surface area contributed by atoms with Gasteiger partial charge in [0.1, 0.15) is 5.70 Å². The van der Waals surface area contributed by atoms with Crippen molar-refractivity contribution >= 4 is 23.1 Å². The number of hydrogen-bond acceptors (Lipinski definition) is 8. The first-order valence-electron chi connectivity index (χ1n) is 10.9. The number of hydrogen-bond donors (Lipinski definition) is 1. The predicted molar refractivity (Wildman–Crippen MR) is 118 cm³/mol. The first-order valence-corrected chi connectivity index (χ1v) is 10.9. The van der Waals surface area contributed by atoms with E-state index in [1.165, 1.54) is 29.2 Å². The minimum atomic E-state index is -0.498. The maximum Gasteiger partial charge on any atom is 0.277 e. The largest absolute Gasteiger partial charge is 0.395 e. The number of aliphatic hydroxyl groups is 1. The number of benzene rings is 1. The highest BCUT2D eigenvalue weighted by Gasteiger charge is 2.41. The van der Waals surface area contributed by atoms with Crippen LogP contribution in [0.1, 0.15) is 25.8 Å². The molecule has 0 saturated carbocycles. The highest BCUT2D eigenvalue weighted by atomic mass is 16.6. The van der Waals surface area contributed by atoms with Gasteiger partial charge in [0.2, 0.25) is 0 Å². The third kappa shape index (κ3) is 5.32. The van der Waals surface area contributed by atoms with E-state index < -0.39 is 4.92 Å². The molecule has 1 aromatic carbocycles. The van der Waals surface area contributed by atoms with E-state index >= 15 is 0 Å². The van der Waals surface area contributed by atoms with Gasteiger partial charge in [-0.2, -0.15) is 0 Å². The molecule has 0 radical (unpaired) electrons. The van der Waals surface area contributed by atoms with Crippen molar-refractivity contribution in [2.24, 2.45) is 0 Å². The van der Waals surface area contributed by atoms with Gasteiger partial charge in [-0.25, -0.2) is 0 Å². The molecule has 1 aromatic rings. The Labute approximate surface area is 187 Å². The van der Waals surface area contributed by atoms with Crippen molar-refractivity contribution in [2.45, 2.75) is 26.4 Å². The molecular weight excluding hydrogens is 416 g/mol. The summed E-state index contributed by atoms with van der Waals surface area (Å²) >= 11 is 0. The second-order valence-corrected chi connectivity index (χ2v) is 8.11. The van der Waals surface area contributed by atoms with Crippen LogP contribution < -0.4 is 0 Å². The average molecular weight is 447 g/mol. The van der Waals surface area contributed by atoms with Gasteiger partial charge in [-0.15, -0.1) is 0 Å². The molecule has 1 N–H and O–H groups in total. The number of rotatable bonds is 10. The third-order valence-corrected chi connectivity index (χ3v) is 5.59. The van der Waals surface area contributed by atoms with E-state index in [1.807, 2.05) is 18.7 Å². The number of amides is 2. The summed E-state index contributed by atoms with van der Waals surface area (Å²) in [7, 11) is 0. The molecule has 10 heteroatoms. The summed E-state index contributed by atoms with van der Waals surface area (Å²) in [6, 6.07) is 5.73. The number of aliphatic hydroxyl groups excluding tert-OH is 1. The number of nitro groups is 1. The maximum atomic E-state index is 13.3. The van der Waals surface area contributed by atoms with Crippen LogP contribution in [0.15, 0.2) is 30.0 Å². The van der Waals surface area contributed by atoms with E-state index in [9.17, 15) is 19.7 Å². The molecule has 0 aliphatic carbocycles. The van der Waals surface area contributed by atoms with E-state index in [-0.39, 0.29) is 42.3 Å². The summed E-state index contributed by atoms with van der Waals surface area (Å²) in [5.41, 5.74) is 1.04. The number of ether oxygens (including phenoxy) is 1. The van der Waals surface area contributed by atoms with Crippen LogP contribution in [0.3, 0.4) is 0 Å². The minimum Gasteiger partial charge on any atom is -0.395 e. The van der Waals surface area contributed by atoms with Crippen LogP contribution in [0.5, 0.6) is 0 Å². The van der Waals surface area contributed by atoms with Gasteiger partial charge >= 0.3 is 0 Å². The third-order valence-electron chi connectivity index (χ3n) is 5.59. The molecule has 0 aromatic heterocycles. The molecule has 1 saturated heterocycles. The number of carbonyl (C=O) groups excluding carboxylic acids is 2. The van der Waals surface area contributed by atoms with Crippen LogP contribution in [0.2, 0.25) is 0 Å². The van der Waals surface area contributed by atoms with Gasteiger partial charge in [0, 0.05) is 58.0 Å². The van der Waals surface area contributed by atoms with E-state index in [1.54, 1.807) is 0 Å². The minimum absolute atomic E-state index is 0.0690. The van der Waals surface area contributed by atoms with Crippen LogP contribution in [-0.2, 0) is 14.3 Å². The number of piperazine rings is 1.